The molecule has 0 amide bonds. The minimum atomic E-state index is -4.51. The van der Waals surface area contributed by atoms with Crippen molar-refractivity contribution in [2.24, 2.45) is 0 Å². The van der Waals surface area contributed by atoms with E-state index in [0.29, 0.717) is 6.61 Å². The second kappa shape index (κ2) is 5.25. The molecule has 1 aliphatic heterocycles. The summed E-state index contributed by atoms with van der Waals surface area (Å²) in [4.78, 5) is 0. The van der Waals surface area contributed by atoms with E-state index in [0.717, 1.165) is 6.07 Å². The fourth-order valence-electron chi connectivity index (χ4n) is 1.42. The van der Waals surface area contributed by atoms with Crippen LogP contribution in [0.15, 0.2) is 18.2 Å². The predicted octanol–water partition coefficient (Wildman–Crippen LogP) is 4.01. The van der Waals surface area contributed by atoms with Gasteiger partial charge < -0.3 is 9.47 Å². The Kier molecular flexibility index (Phi) is 4.06. The first-order chi connectivity index (χ1) is 8.38. The Bertz CT molecular complexity index is 433. The molecule has 0 unspecified atom stereocenters. The van der Waals surface area contributed by atoms with Crippen LogP contribution in [-0.2, 0) is 9.47 Å². The van der Waals surface area contributed by atoms with Crippen molar-refractivity contribution < 1.29 is 22.6 Å². The monoisotopic (exact) mass is 300 g/mol. The first kappa shape index (κ1) is 13.9. The number of alkyl halides is 3. The lowest BCUT2D eigenvalue weighted by Crippen LogP contribution is -2.25. The van der Waals surface area contributed by atoms with E-state index in [1.165, 1.54) is 12.1 Å². The maximum absolute atomic E-state index is 12.9. The van der Waals surface area contributed by atoms with Gasteiger partial charge in [-0.3, -0.25) is 0 Å². The molecule has 1 aromatic carbocycles. The maximum Gasteiger partial charge on any atom is 0.418 e. The molecule has 0 N–H and O–H groups in total. The highest BCUT2D eigenvalue weighted by atomic mass is 35.5. The number of rotatable bonds is 4. The molecule has 7 heteroatoms. The summed E-state index contributed by atoms with van der Waals surface area (Å²) in [7, 11) is 0. The normalized spacial score (nSPS) is 20.8. The average Bonchev–Trinajstić information content (AvgIpc) is 3.05. The van der Waals surface area contributed by atoms with Gasteiger partial charge in [-0.05, 0) is 17.7 Å². The second-order valence-corrected chi connectivity index (χ2v) is 4.70. The van der Waals surface area contributed by atoms with Crippen LogP contribution in [-0.4, -0.2) is 25.5 Å². The van der Waals surface area contributed by atoms with Crippen LogP contribution in [0, 0.1) is 0 Å². The van der Waals surface area contributed by atoms with E-state index in [-0.39, 0.29) is 28.3 Å². The zero-order valence-corrected chi connectivity index (χ0v) is 10.5. The molecule has 0 radical (unpaired) electrons. The zero-order valence-electron chi connectivity index (χ0n) is 9.01. The highest BCUT2D eigenvalue weighted by Gasteiger charge is 2.43. The Morgan fingerprint density at radius 3 is 2.50 bits per heavy atom. The lowest BCUT2D eigenvalue weighted by Gasteiger charge is -2.21. The number of hydrogen-bond donors (Lipinski definition) is 0. The van der Waals surface area contributed by atoms with Gasteiger partial charge in [-0.1, -0.05) is 29.3 Å². The topological polar surface area (TPSA) is 21.8 Å². The number of hydrogen-bond acceptors (Lipinski definition) is 2. The Labute approximate surface area is 112 Å². The molecule has 1 heterocycles. The predicted molar refractivity (Wildman–Crippen MR) is 61.0 cm³/mol. The van der Waals surface area contributed by atoms with Gasteiger partial charge in [0.05, 0.1) is 23.3 Å². The molecular weight excluding hydrogens is 292 g/mol. The van der Waals surface area contributed by atoms with E-state index in [9.17, 15) is 13.2 Å². The molecule has 18 heavy (non-hydrogen) atoms. The number of ether oxygens (including phenoxy) is 2. The molecule has 0 bridgehead atoms. The highest BCUT2D eigenvalue weighted by Crippen LogP contribution is 2.38. The standard InChI is InChI=1S/C11H9Cl2F3O2/c12-8-2-1-6(3-9(8)13)10(11(14,15)16)18-5-7-4-17-7/h1-3,7,10H,4-5H2/t7-,10+/m1/s1. The largest absolute Gasteiger partial charge is 0.418 e. The fourth-order valence-corrected chi connectivity index (χ4v) is 1.73. The van der Waals surface area contributed by atoms with E-state index in [2.05, 4.69) is 0 Å². The van der Waals surface area contributed by atoms with Crippen molar-refractivity contribution in [3.05, 3.63) is 33.8 Å². The molecule has 2 nitrogen and oxygen atoms in total. The van der Waals surface area contributed by atoms with Crippen LogP contribution in [0.25, 0.3) is 0 Å². The summed E-state index contributed by atoms with van der Waals surface area (Å²) in [5.74, 6) is 0. The van der Waals surface area contributed by atoms with Crippen molar-refractivity contribution in [1.82, 2.24) is 0 Å². The molecule has 1 aromatic rings. The number of benzene rings is 1. The molecule has 2 rings (SSSR count). The van der Waals surface area contributed by atoms with Crippen molar-refractivity contribution in [2.45, 2.75) is 18.4 Å². The lowest BCUT2D eigenvalue weighted by atomic mass is 10.1. The summed E-state index contributed by atoms with van der Waals surface area (Å²) in [5.41, 5.74) is -0.0717. The van der Waals surface area contributed by atoms with Gasteiger partial charge in [-0.2, -0.15) is 13.2 Å². The molecule has 0 saturated carbocycles. The van der Waals surface area contributed by atoms with Gasteiger partial charge in [0.15, 0.2) is 6.10 Å². The number of epoxide rings is 1. The Balaban J connectivity index is 2.17. The van der Waals surface area contributed by atoms with Crippen molar-refractivity contribution in [3.63, 3.8) is 0 Å². The third-order valence-electron chi connectivity index (χ3n) is 2.39. The van der Waals surface area contributed by atoms with Crippen LogP contribution in [0.5, 0.6) is 0 Å². The maximum atomic E-state index is 12.9. The Morgan fingerprint density at radius 1 is 1.33 bits per heavy atom. The fraction of sp³-hybridized carbons (Fsp3) is 0.455. The van der Waals surface area contributed by atoms with Gasteiger partial charge in [0.2, 0.25) is 0 Å². The van der Waals surface area contributed by atoms with Crippen LogP contribution in [0.1, 0.15) is 11.7 Å². The summed E-state index contributed by atoms with van der Waals surface area (Å²) < 4.78 is 48.3. The Morgan fingerprint density at radius 2 is 2.00 bits per heavy atom. The summed E-state index contributed by atoms with van der Waals surface area (Å²) in [6.07, 6.45) is -6.76. The van der Waals surface area contributed by atoms with Crippen LogP contribution in [0.3, 0.4) is 0 Å². The second-order valence-electron chi connectivity index (χ2n) is 3.88. The molecule has 100 valence electrons. The summed E-state index contributed by atoms with van der Waals surface area (Å²) in [6.45, 7) is 0.344. The van der Waals surface area contributed by atoms with Gasteiger partial charge >= 0.3 is 6.18 Å². The lowest BCUT2D eigenvalue weighted by molar-refractivity contribution is -0.224. The van der Waals surface area contributed by atoms with Gasteiger partial charge in [0, 0.05) is 0 Å². The van der Waals surface area contributed by atoms with E-state index in [1.54, 1.807) is 0 Å². The molecule has 0 spiro atoms. The molecular formula is C11H9Cl2F3O2. The van der Waals surface area contributed by atoms with E-state index in [4.69, 9.17) is 32.7 Å². The van der Waals surface area contributed by atoms with Crippen molar-refractivity contribution in [2.75, 3.05) is 13.2 Å². The first-order valence-corrected chi connectivity index (χ1v) is 5.88. The summed E-state index contributed by atoms with van der Waals surface area (Å²) in [6, 6.07) is 3.73. The van der Waals surface area contributed by atoms with Gasteiger partial charge in [-0.15, -0.1) is 0 Å². The molecule has 1 aliphatic rings. The van der Waals surface area contributed by atoms with Gasteiger partial charge in [-0.25, -0.2) is 0 Å². The van der Waals surface area contributed by atoms with Crippen molar-refractivity contribution in [1.29, 1.82) is 0 Å². The van der Waals surface area contributed by atoms with Gasteiger partial charge in [0.1, 0.15) is 6.10 Å². The van der Waals surface area contributed by atoms with Crippen LogP contribution in [0.2, 0.25) is 10.0 Å². The first-order valence-electron chi connectivity index (χ1n) is 5.13. The summed E-state index contributed by atoms with van der Waals surface area (Å²) in [5, 5.41) is 0.265. The Hall–Kier alpha value is -0.490. The van der Waals surface area contributed by atoms with E-state index in [1.807, 2.05) is 0 Å². The molecule has 0 aliphatic carbocycles. The minimum absolute atomic E-state index is 0.0645. The average molecular weight is 301 g/mol. The molecule has 1 fully saturated rings. The SMILES string of the molecule is FC(F)(F)[C@@H](OC[C@H]1CO1)c1ccc(Cl)c(Cl)c1. The summed E-state index contributed by atoms with van der Waals surface area (Å²) >= 11 is 11.4. The van der Waals surface area contributed by atoms with Crippen LogP contribution >= 0.6 is 23.2 Å². The van der Waals surface area contributed by atoms with Crippen LogP contribution < -0.4 is 0 Å². The number of halogens is 5. The minimum Gasteiger partial charge on any atom is -0.371 e. The van der Waals surface area contributed by atoms with Gasteiger partial charge in [0.25, 0.3) is 0 Å². The molecule has 2 atom stereocenters. The van der Waals surface area contributed by atoms with E-state index < -0.39 is 12.3 Å². The van der Waals surface area contributed by atoms with Crippen LogP contribution in [0.4, 0.5) is 13.2 Å². The smallest absolute Gasteiger partial charge is 0.371 e. The van der Waals surface area contributed by atoms with Crippen molar-refractivity contribution >= 4 is 23.2 Å². The molecule has 0 aromatic heterocycles. The van der Waals surface area contributed by atoms with E-state index >= 15 is 0 Å². The van der Waals surface area contributed by atoms with Crippen molar-refractivity contribution in [3.8, 4) is 0 Å². The zero-order chi connectivity index (χ0) is 13.3. The quantitative estimate of drug-likeness (QED) is 0.784. The third kappa shape index (κ3) is 3.51. The third-order valence-corrected chi connectivity index (χ3v) is 3.13. The highest BCUT2D eigenvalue weighted by molar-refractivity contribution is 6.42. The molecule has 1 saturated heterocycles.